The van der Waals surface area contributed by atoms with Crippen molar-refractivity contribution in [2.75, 3.05) is 7.05 Å². The van der Waals surface area contributed by atoms with E-state index >= 15 is 0 Å². The van der Waals surface area contributed by atoms with Crippen LogP contribution in [0.4, 0.5) is 0 Å². The Morgan fingerprint density at radius 1 is 1.12 bits per heavy atom. The molecular formula is C16H15N3O4S. The highest BCUT2D eigenvalue weighted by molar-refractivity contribution is 7.90. The first-order valence-corrected chi connectivity index (χ1v) is 8.38. The summed E-state index contributed by atoms with van der Waals surface area (Å²) in [5.41, 5.74) is 1.13. The fourth-order valence-corrected chi connectivity index (χ4v) is 2.70. The average Bonchev–Trinajstić information content (AvgIpc) is 2.60. The van der Waals surface area contributed by atoms with Gasteiger partial charge in [-0.25, -0.2) is 13.1 Å². The maximum absolute atomic E-state index is 12.0. The first-order valence-electron chi connectivity index (χ1n) is 6.89. The van der Waals surface area contributed by atoms with Crippen LogP contribution in [-0.2, 0) is 14.8 Å². The number of nitrogens with one attached hydrogen (secondary N) is 2. The van der Waals surface area contributed by atoms with Crippen LogP contribution < -0.4 is 10.0 Å². The molecule has 0 aliphatic rings. The monoisotopic (exact) mass is 345 g/mol. The summed E-state index contributed by atoms with van der Waals surface area (Å²) in [7, 11) is -2.42. The predicted molar refractivity (Wildman–Crippen MR) is 88.4 cm³/mol. The highest BCUT2D eigenvalue weighted by Crippen LogP contribution is 2.07. The fraction of sp³-hybridized carbons (Fsp3) is 0.0625. The third-order valence-electron chi connectivity index (χ3n) is 3.01. The summed E-state index contributed by atoms with van der Waals surface area (Å²) in [5, 5.41) is 2.50. The molecule has 0 spiro atoms. The summed E-state index contributed by atoms with van der Waals surface area (Å²) in [6.45, 7) is 0. The van der Waals surface area contributed by atoms with Gasteiger partial charge in [-0.15, -0.1) is 0 Å². The number of pyridine rings is 1. The van der Waals surface area contributed by atoms with Gasteiger partial charge in [-0.05, 0) is 35.9 Å². The van der Waals surface area contributed by atoms with Gasteiger partial charge in [-0.1, -0.05) is 12.1 Å². The van der Waals surface area contributed by atoms with Gasteiger partial charge in [-0.2, -0.15) is 0 Å². The summed E-state index contributed by atoms with van der Waals surface area (Å²) < 4.78 is 25.8. The van der Waals surface area contributed by atoms with Crippen LogP contribution >= 0.6 is 0 Å². The maximum atomic E-state index is 12.0. The molecule has 7 nitrogen and oxygen atoms in total. The van der Waals surface area contributed by atoms with Crippen LogP contribution in [-0.4, -0.2) is 32.3 Å². The lowest BCUT2D eigenvalue weighted by Crippen LogP contribution is -2.29. The van der Waals surface area contributed by atoms with Crippen LogP contribution in [0.1, 0.15) is 15.9 Å². The molecule has 0 aliphatic carbocycles. The molecule has 0 atom stereocenters. The van der Waals surface area contributed by atoms with Crippen LogP contribution in [0.2, 0.25) is 0 Å². The zero-order chi connectivity index (χ0) is 17.6. The van der Waals surface area contributed by atoms with Crippen molar-refractivity contribution in [3.8, 4) is 0 Å². The van der Waals surface area contributed by atoms with Gasteiger partial charge in [0.05, 0.1) is 0 Å². The molecule has 2 N–H and O–H groups in total. The van der Waals surface area contributed by atoms with E-state index in [1.165, 1.54) is 31.5 Å². The second-order valence-electron chi connectivity index (χ2n) is 4.69. The van der Waals surface area contributed by atoms with Gasteiger partial charge in [0.25, 0.3) is 21.8 Å². The Morgan fingerprint density at radius 2 is 1.83 bits per heavy atom. The number of benzene rings is 1. The molecule has 2 rings (SSSR count). The van der Waals surface area contributed by atoms with Crippen LogP contribution in [0.3, 0.4) is 0 Å². The molecule has 0 saturated carbocycles. The van der Waals surface area contributed by atoms with E-state index in [1.807, 2.05) is 4.72 Å². The van der Waals surface area contributed by atoms with Crippen LogP contribution in [0.15, 0.2) is 59.8 Å². The van der Waals surface area contributed by atoms with Crippen LogP contribution in [0, 0.1) is 0 Å². The van der Waals surface area contributed by atoms with Gasteiger partial charge in [0.2, 0.25) is 0 Å². The van der Waals surface area contributed by atoms with Gasteiger partial charge in [0, 0.05) is 31.1 Å². The number of amides is 2. The zero-order valence-electron chi connectivity index (χ0n) is 12.8. The van der Waals surface area contributed by atoms with E-state index < -0.39 is 15.9 Å². The lowest BCUT2D eigenvalue weighted by molar-refractivity contribution is -0.114. The summed E-state index contributed by atoms with van der Waals surface area (Å²) in [5.74, 6) is -1.000. The normalized spacial score (nSPS) is 11.2. The van der Waals surface area contributed by atoms with Gasteiger partial charge in [-0.3, -0.25) is 14.6 Å². The largest absolute Gasteiger partial charge is 0.355 e. The molecule has 8 heteroatoms. The fourth-order valence-electron chi connectivity index (χ4n) is 1.79. The van der Waals surface area contributed by atoms with Gasteiger partial charge >= 0.3 is 0 Å². The molecule has 0 saturated heterocycles. The molecule has 2 aromatic rings. The van der Waals surface area contributed by atoms with Gasteiger partial charge in [0.15, 0.2) is 0 Å². The highest BCUT2D eigenvalue weighted by Gasteiger charge is 2.15. The molecule has 2 amide bonds. The molecule has 0 fully saturated rings. The van der Waals surface area contributed by atoms with E-state index in [9.17, 15) is 18.0 Å². The molecule has 1 aromatic heterocycles. The molecule has 24 heavy (non-hydrogen) atoms. The molecule has 1 aromatic carbocycles. The van der Waals surface area contributed by atoms with Crippen molar-refractivity contribution in [3.63, 3.8) is 0 Å². The second kappa shape index (κ2) is 7.51. The predicted octanol–water partition coefficient (Wildman–Crippen LogP) is 0.959. The van der Waals surface area contributed by atoms with Crippen molar-refractivity contribution in [1.29, 1.82) is 0 Å². The summed E-state index contributed by atoms with van der Waals surface area (Å²) >= 11 is 0. The molecule has 124 valence electrons. The topological polar surface area (TPSA) is 105 Å². The Hall–Kier alpha value is -3.00. The number of rotatable bonds is 5. The first kappa shape index (κ1) is 17.4. The Bertz CT molecular complexity index is 860. The summed E-state index contributed by atoms with van der Waals surface area (Å²) in [6, 6.07) is 9.28. The maximum Gasteiger partial charge on any atom is 0.265 e. The lowest BCUT2D eigenvalue weighted by Gasteiger charge is -2.03. The van der Waals surface area contributed by atoms with Crippen molar-refractivity contribution < 1.29 is 18.0 Å². The van der Waals surface area contributed by atoms with Crippen LogP contribution in [0.25, 0.3) is 6.08 Å². The van der Waals surface area contributed by atoms with E-state index in [1.54, 1.807) is 24.3 Å². The number of carbonyl (C=O) groups is 2. The quantitative estimate of drug-likeness (QED) is 0.785. The Morgan fingerprint density at radius 3 is 2.42 bits per heavy atom. The van der Waals surface area contributed by atoms with Crippen molar-refractivity contribution in [1.82, 2.24) is 15.0 Å². The van der Waals surface area contributed by atoms with Crippen molar-refractivity contribution >= 4 is 27.9 Å². The van der Waals surface area contributed by atoms with Gasteiger partial charge in [0.1, 0.15) is 4.90 Å². The minimum atomic E-state index is -3.95. The lowest BCUT2D eigenvalue weighted by atomic mass is 10.1. The SMILES string of the molecule is CNC(=O)c1ccc(/C=C\C(=O)NS(=O)(=O)c2cccnc2)cc1. The Kier molecular flexibility index (Phi) is 5.43. The molecule has 0 unspecified atom stereocenters. The number of carbonyl (C=O) groups excluding carboxylic acids is 2. The van der Waals surface area contributed by atoms with Crippen LogP contribution in [0.5, 0.6) is 0 Å². The van der Waals surface area contributed by atoms with E-state index in [0.29, 0.717) is 11.1 Å². The molecule has 0 radical (unpaired) electrons. The number of aromatic nitrogens is 1. The molecule has 0 aliphatic heterocycles. The van der Waals surface area contributed by atoms with Crippen molar-refractivity contribution in [2.45, 2.75) is 4.90 Å². The number of hydrogen-bond acceptors (Lipinski definition) is 5. The third kappa shape index (κ3) is 4.50. The molecule has 1 heterocycles. The highest BCUT2D eigenvalue weighted by atomic mass is 32.2. The molecule has 0 bridgehead atoms. The van der Waals surface area contributed by atoms with Crippen molar-refractivity contribution in [2.24, 2.45) is 0 Å². The van der Waals surface area contributed by atoms with E-state index in [4.69, 9.17) is 0 Å². The Labute approximate surface area is 139 Å². The summed E-state index contributed by atoms with van der Waals surface area (Å²) in [4.78, 5) is 26.8. The first-order chi connectivity index (χ1) is 11.4. The minimum Gasteiger partial charge on any atom is -0.355 e. The third-order valence-corrected chi connectivity index (χ3v) is 4.34. The Balaban J connectivity index is 2.04. The standard InChI is InChI=1S/C16H15N3O4S/c1-17-16(21)13-7-4-12(5-8-13)6-9-15(20)19-24(22,23)14-3-2-10-18-11-14/h2-11H,1H3,(H,17,21)(H,19,20)/b9-6-. The minimum absolute atomic E-state index is 0.0957. The smallest absolute Gasteiger partial charge is 0.265 e. The summed E-state index contributed by atoms with van der Waals surface area (Å²) in [6.07, 6.45) is 5.13. The molecular weight excluding hydrogens is 330 g/mol. The number of hydrogen-bond donors (Lipinski definition) is 2. The number of sulfonamides is 1. The van der Waals surface area contributed by atoms with Gasteiger partial charge < -0.3 is 5.32 Å². The van der Waals surface area contributed by atoms with E-state index in [2.05, 4.69) is 10.3 Å². The zero-order valence-corrected chi connectivity index (χ0v) is 13.6. The van der Waals surface area contributed by atoms with E-state index in [0.717, 1.165) is 12.3 Å². The number of nitrogens with zero attached hydrogens (tertiary/aromatic N) is 1. The van der Waals surface area contributed by atoms with Crippen molar-refractivity contribution in [3.05, 3.63) is 66.0 Å². The second-order valence-corrected chi connectivity index (χ2v) is 6.38. The van der Waals surface area contributed by atoms with E-state index in [-0.39, 0.29) is 10.8 Å². The average molecular weight is 345 g/mol.